The molecule has 1 aromatic heterocycles. The summed E-state index contributed by atoms with van der Waals surface area (Å²) in [6.45, 7) is 0. The molecule has 0 aliphatic rings. The van der Waals surface area contributed by atoms with Crippen LogP contribution in [0.5, 0.6) is 5.75 Å². The Balaban J connectivity index is 1.55. The summed E-state index contributed by atoms with van der Waals surface area (Å²) in [5, 5.41) is 2.01. The van der Waals surface area contributed by atoms with Crippen molar-refractivity contribution in [2.24, 2.45) is 0 Å². The summed E-state index contributed by atoms with van der Waals surface area (Å²) in [4.78, 5) is 4.13. The molecule has 0 amide bonds. The fraction of sp³-hybridized carbons (Fsp3) is 0.0244. The van der Waals surface area contributed by atoms with Gasteiger partial charge in [0.05, 0.1) is 20.8 Å². The zero-order valence-electron chi connectivity index (χ0n) is 26.7. The van der Waals surface area contributed by atoms with E-state index in [-0.39, 0.29) is 15.8 Å². The number of anilines is 6. The third-order valence-electron chi connectivity index (χ3n) is 8.56. The zero-order chi connectivity index (χ0) is 35.2. The topological polar surface area (TPSA) is 49.9 Å². The molecule has 0 unspecified atom stereocenters. The van der Waals surface area contributed by atoms with Crippen LogP contribution < -0.4 is 14.0 Å². The molecule has 0 aliphatic carbocycles. The molecule has 0 saturated heterocycles. The minimum atomic E-state index is -6.04. The van der Waals surface area contributed by atoms with Gasteiger partial charge in [0.2, 0.25) is 0 Å². The quantitative estimate of drug-likeness (QED) is 0.116. The molecule has 0 atom stereocenters. The van der Waals surface area contributed by atoms with Crippen molar-refractivity contribution in [2.45, 2.75) is 5.51 Å². The highest BCUT2D eigenvalue weighted by atomic mass is 32.2. The highest BCUT2D eigenvalue weighted by Gasteiger charge is 2.49. The molecule has 7 aromatic carbocycles. The van der Waals surface area contributed by atoms with Crippen LogP contribution in [0, 0.1) is 0 Å². The summed E-state index contributed by atoms with van der Waals surface area (Å²) >= 11 is 1.20. The molecule has 0 fully saturated rings. The van der Waals surface area contributed by atoms with Gasteiger partial charge in [-0.05, 0) is 54.6 Å². The first-order chi connectivity index (χ1) is 24.7. The fourth-order valence-corrected chi connectivity index (χ4v) is 8.28. The maximum Gasteiger partial charge on any atom is 0.534 e. The van der Waals surface area contributed by atoms with Gasteiger partial charge in [-0.15, -0.1) is 11.3 Å². The van der Waals surface area contributed by atoms with Gasteiger partial charge < -0.3 is 14.0 Å². The summed E-state index contributed by atoms with van der Waals surface area (Å²) in [6.07, 6.45) is 0. The number of benzene rings is 7. The molecule has 1 heterocycles. The number of nitrogens with zero attached hydrogens (tertiary/aromatic N) is 2. The lowest BCUT2D eigenvalue weighted by Crippen LogP contribution is -2.28. The molecule has 0 N–H and O–H groups in total. The second-order valence-corrected chi connectivity index (χ2v) is 14.2. The highest BCUT2D eigenvalue weighted by Crippen LogP contribution is 2.55. The van der Waals surface area contributed by atoms with Crippen LogP contribution in [0.3, 0.4) is 0 Å². The van der Waals surface area contributed by atoms with Crippen LogP contribution in [0.15, 0.2) is 164 Å². The van der Waals surface area contributed by atoms with Crippen LogP contribution >= 0.6 is 11.3 Å². The van der Waals surface area contributed by atoms with Crippen molar-refractivity contribution in [1.29, 1.82) is 0 Å². The van der Waals surface area contributed by atoms with Crippen LogP contribution in [0.4, 0.5) is 47.3 Å². The number of para-hydroxylation sites is 4. The van der Waals surface area contributed by atoms with Gasteiger partial charge in [-0.2, -0.15) is 21.6 Å². The summed E-state index contributed by atoms with van der Waals surface area (Å²) in [6, 6.07) is 51.4. The number of thiophene rings is 1. The maximum atomic E-state index is 14.0. The lowest BCUT2D eigenvalue weighted by Gasteiger charge is -2.28. The van der Waals surface area contributed by atoms with E-state index in [2.05, 4.69) is 9.80 Å². The van der Waals surface area contributed by atoms with Crippen molar-refractivity contribution in [3.8, 4) is 5.75 Å². The monoisotopic (exact) mass is 716 g/mol. The van der Waals surface area contributed by atoms with E-state index in [1.54, 1.807) is 24.3 Å². The van der Waals surface area contributed by atoms with Crippen molar-refractivity contribution >= 4 is 86.5 Å². The first-order valence-electron chi connectivity index (χ1n) is 15.9. The SMILES string of the molecule is O=S(=O)(Oc1c2ccccc2c(N(c2ccccc2)c2ccccc2)c2c1sc1c(N(c3ccccc3)c3ccccc3)cccc12)C(F)(F)F. The standard InChI is InChI=1S/C41H27F3N2O3S2/c42-41(43,44)51(47,48)49-38-33-25-14-13-24-32(33)37(46(30-20-9-3-10-21-30)31-22-11-4-12-23-31)36-34-26-15-27-35(39(34)50-40(36)38)45(28-16-5-1-6-17-28)29-18-7-2-8-19-29/h1-27H. The average molecular weight is 717 g/mol. The highest BCUT2D eigenvalue weighted by molar-refractivity contribution is 7.88. The molecule has 0 spiro atoms. The number of hydrogen-bond acceptors (Lipinski definition) is 6. The van der Waals surface area contributed by atoms with E-state index in [4.69, 9.17) is 4.18 Å². The van der Waals surface area contributed by atoms with E-state index >= 15 is 0 Å². The Hall–Kier alpha value is -5.84. The largest absolute Gasteiger partial charge is 0.534 e. The molecule has 0 aliphatic heterocycles. The molecule has 8 rings (SSSR count). The number of rotatable bonds is 8. The molecule has 51 heavy (non-hydrogen) atoms. The number of hydrogen-bond donors (Lipinski definition) is 0. The molecule has 0 bridgehead atoms. The van der Waals surface area contributed by atoms with Gasteiger partial charge in [0, 0.05) is 44.3 Å². The number of halogens is 3. The van der Waals surface area contributed by atoms with Gasteiger partial charge >= 0.3 is 15.6 Å². The van der Waals surface area contributed by atoms with Crippen molar-refractivity contribution in [3.05, 3.63) is 164 Å². The maximum absolute atomic E-state index is 14.0. The van der Waals surface area contributed by atoms with Crippen LogP contribution in [0.1, 0.15) is 0 Å². The van der Waals surface area contributed by atoms with E-state index in [1.165, 1.54) is 11.3 Å². The third-order valence-corrected chi connectivity index (χ3v) is 10.7. The second-order valence-electron chi connectivity index (χ2n) is 11.7. The van der Waals surface area contributed by atoms with Crippen LogP contribution in [0.2, 0.25) is 0 Å². The van der Waals surface area contributed by atoms with Crippen molar-refractivity contribution in [3.63, 3.8) is 0 Å². The van der Waals surface area contributed by atoms with Gasteiger partial charge in [0.15, 0.2) is 5.75 Å². The normalized spacial score (nSPS) is 12.0. The molecule has 5 nitrogen and oxygen atoms in total. The molecule has 0 saturated carbocycles. The van der Waals surface area contributed by atoms with Crippen LogP contribution in [0.25, 0.3) is 30.9 Å². The third kappa shape index (κ3) is 5.72. The Bertz CT molecular complexity index is 2540. The second kappa shape index (κ2) is 12.8. The lowest BCUT2D eigenvalue weighted by atomic mass is 9.99. The van der Waals surface area contributed by atoms with Gasteiger partial charge in [-0.3, -0.25) is 0 Å². The smallest absolute Gasteiger partial charge is 0.374 e. The summed E-state index contributed by atoms with van der Waals surface area (Å²) < 4.78 is 73.7. The Labute approximate surface area is 296 Å². The Morgan fingerprint density at radius 1 is 0.490 bits per heavy atom. The van der Waals surface area contributed by atoms with Gasteiger partial charge in [-0.1, -0.05) is 109 Å². The van der Waals surface area contributed by atoms with Gasteiger partial charge in [0.25, 0.3) is 0 Å². The zero-order valence-corrected chi connectivity index (χ0v) is 28.3. The van der Waals surface area contributed by atoms with Gasteiger partial charge in [0.1, 0.15) is 0 Å². The Morgan fingerprint density at radius 2 is 0.922 bits per heavy atom. The Morgan fingerprint density at radius 3 is 1.41 bits per heavy atom. The van der Waals surface area contributed by atoms with E-state index in [0.29, 0.717) is 16.5 Å². The van der Waals surface area contributed by atoms with Crippen LogP contribution in [-0.4, -0.2) is 13.9 Å². The van der Waals surface area contributed by atoms with Crippen molar-refractivity contribution < 1.29 is 25.8 Å². The molecule has 0 radical (unpaired) electrons. The summed E-state index contributed by atoms with van der Waals surface area (Å²) in [5.41, 5.74) is -0.871. The molecule has 8 aromatic rings. The van der Waals surface area contributed by atoms with Gasteiger partial charge in [-0.25, -0.2) is 0 Å². The minimum Gasteiger partial charge on any atom is -0.374 e. The predicted molar refractivity (Wildman–Crippen MR) is 202 cm³/mol. The van der Waals surface area contributed by atoms with E-state index in [9.17, 15) is 21.6 Å². The first-order valence-corrected chi connectivity index (χ1v) is 18.2. The lowest BCUT2D eigenvalue weighted by molar-refractivity contribution is -0.0499. The van der Waals surface area contributed by atoms with Crippen molar-refractivity contribution in [2.75, 3.05) is 9.80 Å². The molecule has 10 heteroatoms. The van der Waals surface area contributed by atoms with E-state index in [0.717, 1.165) is 38.5 Å². The van der Waals surface area contributed by atoms with Crippen LogP contribution in [-0.2, 0) is 10.1 Å². The summed E-state index contributed by atoms with van der Waals surface area (Å²) in [7, 11) is -6.04. The average Bonchev–Trinajstić information content (AvgIpc) is 3.54. The number of alkyl halides is 3. The molecular weight excluding hydrogens is 690 g/mol. The minimum absolute atomic E-state index is 0.223. The van der Waals surface area contributed by atoms with Crippen molar-refractivity contribution in [1.82, 2.24) is 0 Å². The number of fused-ring (bicyclic) bond motifs is 4. The molecular formula is C41H27F3N2O3S2. The van der Waals surface area contributed by atoms with E-state index in [1.807, 2.05) is 140 Å². The fourth-order valence-electron chi connectivity index (χ4n) is 6.43. The predicted octanol–water partition coefficient (Wildman–Crippen LogP) is 12.4. The molecule has 252 valence electrons. The van der Waals surface area contributed by atoms with E-state index < -0.39 is 15.6 Å². The summed E-state index contributed by atoms with van der Waals surface area (Å²) in [5.74, 6) is -0.374. The first kappa shape index (κ1) is 32.4. The Kier molecular flexibility index (Phi) is 8.13.